The summed E-state index contributed by atoms with van der Waals surface area (Å²) in [6, 6.07) is 0.474. The third-order valence-corrected chi connectivity index (χ3v) is 4.31. The smallest absolute Gasteiger partial charge is 0.219 e. The summed E-state index contributed by atoms with van der Waals surface area (Å²) >= 11 is 0. The largest absolute Gasteiger partial charge is 0.379 e. The first-order valence-electron chi connectivity index (χ1n) is 11.7. The standard InChI is InChI=1S/C22H46N2O8/c1-4-22(25)24-6-8-27-10-12-29-14-16-31-18-20-32-19-17-30-15-13-28-11-9-26-7-5-21(2)23-3/h21,23H,4-20H2,1-3H3,(H,24,25). The number of carbonyl (C=O) groups excluding carboxylic acids is 1. The molecule has 2 N–H and O–H groups in total. The molecule has 32 heavy (non-hydrogen) atoms. The highest BCUT2D eigenvalue weighted by Crippen LogP contribution is 1.90. The van der Waals surface area contributed by atoms with E-state index in [0.717, 1.165) is 13.0 Å². The molecule has 10 heteroatoms. The molecule has 0 aliphatic carbocycles. The van der Waals surface area contributed by atoms with Gasteiger partial charge in [-0.15, -0.1) is 0 Å². The minimum Gasteiger partial charge on any atom is -0.379 e. The van der Waals surface area contributed by atoms with Gasteiger partial charge in [0.2, 0.25) is 5.91 Å². The van der Waals surface area contributed by atoms with Gasteiger partial charge in [0.25, 0.3) is 0 Å². The fourth-order valence-electron chi connectivity index (χ4n) is 2.21. The highest BCUT2D eigenvalue weighted by molar-refractivity contribution is 5.75. The molecule has 0 aromatic rings. The molecule has 0 radical (unpaired) electrons. The van der Waals surface area contributed by atoms with Crippen molar-refractivity contribution in [2.24, 2.45) is 0 Å². The summed E-state index contributed by atoms with van der Waals surface area (Å²) < 4.78 is 38.0. The minimum absolute atomic E-state index is 0.0337. The van der Waals surface area contributed by atoms with E-state index in [4.69, 9.17) is 33.2 Å². The number of ether oxygens (including phenoxy) is 7. The van der Waals surface area contributed by atoms with Gasteiger partial charge in [-0.25, -0.2) is 0 Å². The topological polar surface area (TPSA) is 106 Å². The molecule has 0 aromatic heterocycles. The van der Waals surface area contributed by atoms with E-state index in [2.05, 4.69) is 17.6 Å². The summed E-state index contributed by atoms with van der Waals surface area (Å²) in [7, 11) is 1.95. The van der Waals surface area contributed by atoms with E-state index in [9.17, 15) is 4.79 Å². The summed E-state index contributed by atoms with van der Waals surface area (Å²) in [5, 5.41) is 5.91. The molecule has 0 fully saturated rings. The first-order chi connectivity index (χ1) is 15.7. The van der Waals surface area contributed by atoms with Crippen LogP contribution in [0.3, 0.4) is 0 Å². The van der Waals surface area contributed by atoms with Crippen molar-refractivity contribution in [3.63, 3.8) is 0 Å². The number of rotatable bonds is 26. The van der Waals surface area contributed by atoms with Crippen LogP contribution in [0.2, 0.25) is 0 Å². The van der Waals surface area contributed by atoms with Crippen LogP contribution in [0.25, 0.3) is 0 Å². The van der Waals surface area contributed by atoms with E-state index in [-0.39, 0.29) is 5.91 Å². The van der Waals surface area contributed by atoms with Crippen LogP contribution in [0.1, 0.15) is 26.7 Å². The van der Waals surface area contributed by atoms with Gasteiger partial charge in [0.1, 0.15) is 0 Å². The van der Waals surface area contributed by atoms with Crippen LogP contribution in [0.5, 0.6) is 0 Å². The lowest BCUT2D eigenvalue weighted by molar-refractivity contribution is -0.121. The Labute approximate surface area is 193 Å². The lowest BCUT2D eigenvalue weighted by atomic mass is 10.2. The van der Waals surface area contributed by atoms with Crippen LogP contribution in [-0.4, -0.2) is 118 Å². The van der Waals surface area contributed by atoms with Crippen molar-refractivity contribution in [2.45, 2.75) is 32.7 Å². The molecule has 0 aliphatic rings. The second-order valence-corrected chi connectivity index (χ2v) is 6.97. The van der Waals surface area contributed by atoms with Gasteiger partial charge >= 0.3 is 0 Å². The molecule has 192 valence electrons. The monoisotopic (exact) mass is 466 g/mol. The summed E-state index contributed by atoms with van der Waals surface area (Å²) in [5.74, 6) is 0.0337. The minimum atomic E-state index is 0.0337. The van der Waals surface area contributed by atoms with Crippen LogP contribution in [-0.2, 0) is 38.0 Å². The van der Waals surface area contributed by atoms with Crippen molar-refractivity contribution in [1.82, 2.24) is 10.6 Å². The molecule has 1 amide bonds. The molecule has 0 saturated heterocycles. The Morgan fingerprint density at radius 2 is 0.969 bits per heavy atom. The Morgan fingerprint density at radius 3 is 1.31 bits per heavy atom. The zero-order chi connectivity index (χ0) is 23.5. The third kappa shape index (κ3) is 25.4. The van der Waals surface area contributed by atoms with Crippen molar-refractivity contribution >= 4 is 5.91 Å². The number of carbonyl (C=O) groups is 1. The quantitative estimate of drug-likeness (QED) is 0.178. The predicted octanol–water partition coefficient (Wildman–Crippen LogP) is 0.627. The van der Waals surface area contributed by atoms with Crippen LogP contribution in [0.4, 0.5) is 0 Å². The van der Waals surface area contributed by atoms with Gasteiger partial charge in [-0.2, -0.15) is 0 Å². The van der Waals surface area contributed by atoms with Crippen molar-refractivity contribution in [3.05, 3.63) is 0 Å². The molecular formula is C22H46N2O8. The third-order valence-electron chi connectivity index (χ3n) is 4.31. The van der Waals surface area contributed by atoms with Gasteiger partial charge < -0.3 is 43.8 Å². The Morgan fingerprint density at radius 1 is 0.625 bits per heavy atom. The van der Waals surface area contributed by atoms with E-state index < -0.39 is 0 Å². The SMILES string of the molecule is CCC(=O)NCCOCCOCCOCCOCCOCCOCCOCCC(C)NC. The summed E-state index contributed by atoms with van der Waals surface area (Å²) in [6.07, 6.45) is 1.49. The van der Waals surface area contributed by atoms with Gasteiger partial charge in [0.15, 0.2) is 0 Å². The number of hydrogen-bond acceptors (Lipinski definition) is 9. The predicted molar refractivity (Wildman–Crippen MR) is 122 cm³/mol. The molecule has 1 atom stereocenters. The molecule has 0 aliphatic heterocycles. The summed E-state index contributed by atoms with van der Waals surface area (Å²) in [4.78, 5) is 11.0. The Kier molecular flexibility index (Phi) is 25.7. The summed E-state index contributed by atoms with van der Waals surface area (Å²) in [6.45, 7) is 12.2. The molecule has 0 aromatic carbocycles. The highest BCUT2D eigenvalue weighted by Gasteiger charge is 1.98. The van der Waals surface area contributed by atoms with Gasteiger partial charge in [-0.1, -0.05) is 6.92 Å². The summed E-state index contributed by atoms with van der Waals surface area (Å²) in [5.41, 5.74) is 0. The molecule has 0 bridgehead atoms. The second kappa shape index (κ2) is 26.4. The van der Waals surface area contributed by atoms with Gasteiger partial charge in [-0.05, 0) is 20.4 Å². The number of hydrogen-bond donors (Lipinski definition) is 2. The average Bonchev–Trinajstić information content (AvgIpc) is 2.81. The molecule has 0 rings (SSSR count). The lowest BCUT2D eigenvalue weighted by Crippen LogP contribution is -2.26. The molecule has 0 heterocycles. The highest BCUT2D eigenvalue weighted by atomic mass is 16.6. The Balaban J connectivity index is 3.04. The van der Waals surface area contributed by atoms with Crippen LogP contribution < -0.4 is 10.6 Å². The first-order valence-corrected chi connectivity index (χ1v) is 11.7. The van der Waals surface area contributed by atoms with Crippen LogP contribution in [0.15, 0.2) is 0 Å². The average molecular weight is 467 g/mol. The van der Waals surface area contributed by atoms with Gasteiger partial charge in [0, 0.05) is 25.6 Å². The maximum absolute atomic E-state index is 11.0. The normalized spacial score (nSPS) is 12.2. The van der Waals surface area contributed by atoms with Gasteiger partial charge in [0.05, 0.1) is 85.9 Å². The van der Waals surface area contributed by atoms with Crippen LogP contribution in [0, 0.1) is 0 Å². The molecule has 1 unspecified atom stereocenters. The maximum Gasteiger partial charge on any atom is 0.219 e. The van der Waals surface area contributed by atoms with Crippen molar-refractivity contribution in [2.75, 3.05) is 106 Å². The maximum atomic E-state index is 11.0. The van der Waals surface area contributed by atoms with E-state index in [0.29, 0.717) is 105 Å². The fraction of sp³-hybridized carbons (Fsp3) is 0.955. The fourth-order valence-corrected chi connectivity index (χ4v) is 2.21. The van der Waals surface area contributed by atoms with Gasteiger partial charge in [-0.3, -0.25) is 4.79 Å². The Hall–Kier alpha value is -0.850. The molecular weight excluding hydrogens is 420 g/mol. The van der Waals surface area contributed by atoms with E-state index in [1.54, 1.807) is 0 Å². The first kappa shape index (κ1) is 31.1. The lowest BCUT2D eigenvalue weighted by Gasteiger charge is -2.10. The van der Waals surface area contributed by atoms with Crippen molar-refractivity contribution < 1.29 is 38.0 Å². The van der Waals surface area contributed by atoms with Crippen LogP contribution >= 0.6 is 0 Å². The zero-order valence-corrected chi connectivity index (χ0v) is 20.4. The van der Waals surface area contributed by atoms with E-state index in [1.165, 1.54) is 0 Å². The zero-order valence-electron chi connectivity index (χ0n) is 20.4. The van der Waals surface area contributed by atoms with Crippen molar-refractivity contribution in [1.29, 1.82) is 0 Å². The molecule has 0 spiro atoms. The van der Waals surface area contributed by atoms with E-state index in [1.807, 2.05) is 14.0 Å². The molecule has 10 nitrogen and oxygen atoms in total. The number of amides is 1. The number of nitrogens with one attached hydrogen (secondary N) is 2. The second-order valence-electron chi connectivity index (χ2n) is 6.97. The molecule has 0 saturated carbocycles. The van der Waals surface area contributed by atoms with Crippen molar-refractivity contribution in [3.8, 4) is 0 Å². The Bertz CT molecular complexity index is 391. The van der Waals surface area contributed by atoms with E-state index >= 15 is 0 Å².